The Morgan fingerprint density at radius 1 is 1.14 bits per heavy atom. The molecule has 3 atom stereocenters. The Labute approximate surface area is 168 Å². The molecule has 3 rings (SSSR count). The second-order valence-corrected chi connectivity index (χ2v) is 7.75. The Morgan fingerprint density at radius 2 is 1.82 bits per heavy atom. The number of hydrogen-bond donors (Lipinski definition) is 1. The number of esters is 2. The highest BCUT2D eigenvalue weighted by molar-refractivity contribution is 7.10. The van der Waals surface area contributed by atoms with Crippen molar-refractivity contribution in [3.63, 3.8) is 0 Å². The predicted molar refractivity (Wildman–Crippen MR) is 107 cm³/mol. The molecule has 0 saturated carbocycles. The maximum atomic E-state index is 13.4. The molecule has 1 aliphatic rings. The fourth-order valence-corrected chi connectivity index (χ4v) is 5.17. The normalized spacial score (nSPS) is 24.5. The van der Waals surface area contributed by atoms with E-state index < -0.39 is 23.3 Å². The van der Waals surface area contributed by atoms with Gasteiger partial charge in [-0.2, -0.15) is 0 Å². The molecule has 3 unspecified atom stereocenters. The maximum Gasteiger partial charge on any atom is 0.336 e. The number of nitrogens with zero attached hydrogens (tertiary/aromatic N) is 1. The summed E-state index contributed by atoms with van der Waals surface area (Å²) in [5.41, 5.74) is 1.52. The standard InChI is InChI=1S/C21H24N2O4S/c1-12-11-28-19(22-12)21(20(25)27-5)14(3)23-13(2)16(18(24)26-4)17(21)15-9-7-6-8-10-15/h6-11,14,17,23H,1-5H3. The van der Waals surface area contributed by atoms with E-state index in [9.17, 15) is 9.59 Å². The fraction of sp³-hybridized carbons (Fsp3) is 0.381. The second kappa shape index (κ2) is 7.75. The number of hydrogen-bond acceptors (Lipinski definition) is 7. The lowest BCUT2D eigenvalue weighted by Gasteiger charge is -2.46. The number of aryl methyl sites for hydroxylation is 1. The number of carbonyl (C=O) groups excluding carboxylic acids is 2. The van der Waals surface area contributed by atoms with Crippen LogP contribution in [0.25, 0.3) is 0 Å². The van der Waals surface area contributed by atoms with E-state index in [0.29, 0.717) is 16.3 Å². The van der Waals surface area contributed by atoms with Gasteiger partial charge >= 0.3 is 11.9 Å². The first kappa shape index (κ1) is 20.1. The van der Waals surface area contributed by atoms with Gasteiger partial charge in [-0.05, 0) is 26.3 Å². The molecule has 2 aromatic rings. The first-order valence-corrected chi connectivity index (χ1v) is 9.87. The highest BCUT2D eigenvalue weighted by atomic mass is 32.1. The first-order chi connectivity index (χ1) is 13.4. The highest BCUT2D eigenvalue weighted by Gasteiger charge is 2.60. The minimum atomic E-state index is -1.21. The van der Waals surface area contributed by atoms with E-state index in [1.807, 2.05) is 56.5 Å². The van der Waals surface area contributed by atoms with Gasteiger partial charge in [0.25, 0.3) is 0 Å². The number of ether oxygens (including phenoxy) is 2. The van der Waals surface area contributed by atoms with Crippen molar-refractivity contribution in [1.82, 2.24) is 10.3 Å². The van der Waals surface area contributed by atoms with Crippen LogP contribution in [0.15, 0.2) is 47.0 Å². The molecule has 0 amide bonds. The van der Waals surface area contributed by atoms with Crippen molar-refractivity contribution in [1.29, 1.82) is 0 Å². The van der Waals surface area contributed by atoms with E-state index in [1.54, 1.807) is 0 Å². The van der Waals surface area contributed by atoms with Crippen LogP contribution in [0.1, 0.15) is 36.0 Å². The summed E-state index contributed by atoms with van der Waals surface area (Å²) in [4.78, 5) is 30.8. The minimum Gasteiger partial charge on any atom is -0.468 e. The molecule has 7 heteroatoms. The van der Waals surface area contributed by atoms with Crippen molar-refractivity contribution in [3.8, 4) is 0 Å². The number of aromatic nitrogens is 1. The Kier molecular flexibility index (Phi) is 5.56. The van der Waals surface area contributed by atoms with Gasteiger partial charge in [0, 0.05) is 28.7 Å². The van der Waals surface area contributed by atoms with Crippen LogP contribution < -0.4 is 5.32 Å². The smallest absolute Gasteiger partial charge is 0.336 e. The molecule has 0 bridgehead atoms. The first-order valence-electron chi connectivity index (χ1n) is 8.99. The quantitative estimate of drug-likeness (QED) is 0.795. The molecule has 1 N–H and O–H groups in total. The van der Waals surface area contributed by atoms with Gasteiger partial charge in [-0.3, -0.25) is 4.79 Å². The van der Waals surface area contributed by atoms with Crippen molar-refractivity contribution in [2.24, 2.45) is 0 Å². The zero-order valence-electron chi connectivity index (χ0n) is 16.6. The third-order valence-electron chi connectivity index (χ3n) is 5.30. The van der Waals surface area contributed by atoms with Crippen molar-refractivity contribution < 1.29 is 19.1 Å². The minimum absolute atomic E-state index is 0.357. The molecule has 1 aromatic heterocycles. The molecule has 0 saturated heterocycles. The molecule has 28 heavy (non-hydrogen) atoms. The van der Waals surface area contributed by atoms with Gasteiger partial charge < -0.3 is 14.8 Å². The van der Waals surface area contributed by atoms with E-state index in [1.165, 1.54) is 25.6 Å². The summed E-state index contributed by atoms with van der Waals surface area (Å²) in [6, 6.07) is 9.15. The van der Waals surface area contributed by atoms with Crippen molar-refractivity contribution in [2.75, 3.05) is 14.2 Å². The average Bonchev–Trinajstić information content (AvgIpc) is 3.13. The SMILES string of the molecule is COC(=O)C1=C(C)NC(C)C(C(=O)OC)(c2nc(C)cs2)C1c1ccccc1. The van der Waals surface area contributed by atoms with E-state index in [2.05, 4.69) is 10.3 Å². The average molecular weight is 401 g/mol. The topological polar surface area (TPSA) is 77.5 Å². The lowest BCUT2D eigenvalue weighted by atomic mass is 9.62. The summed E-state index contributed by atoms with van der Waals surface area (Å²) >= 11 is 1.40. The van der Waals surface area contributed by atoms with E-state index in [0.717, 1.165) is 11.3 Å². The van der Waals surface area contributed by atoms with E-state index in [-0.39, 0.29) is 6.04 Å². The molecular formula is C21H24N2O4S. The van der Waals surface area contributed by atoms with Gasteiger partial charge in [0.2, 0.25) is 0 Å². The van der Waals surface area contributed by atoms with Gasteiger partial charge in [0.05, 0.1) is 19.8 Å². The molecule has 1 aromatic carbocycles. The molecule has 0 fully saturated rings. The van der Waals surface area contributed by atoms with Gasteiger partial charge in [0.1, 0.15) is 5.01 Å². The molecule has 2 heterocycles. The summed E-state index contributed by atoms with van der Waals surface area (Å²) in [7, 11) is 2.71. The maximum absolute atomic E-state index is 13.4. The Bertz CT molecular complexity index is 921. The number of thiazole rings is 1. The second-order valence-electron chi connectivity index (χ2n) is 6.89. The summed E-state index contributed by atoms with van der Waals surface area (Å²) in [5.74, 6) is -1.52. The molecule has 148 valence electrons. The van der Waals surface area contributed by atoms with Crippen LogP contribution >= 0.6 is 11.3 Å². The Balaban J connectivity index is 2.40. The van der Waals surface area contributed by atoms with Crippen LogP contribution in [-0.2, 0) is 24.5 Å². The Hall–Kier alpha value is -2.67. The van der Waals surface area contributed by atoms with Crippen LogP contribution in [0.4, 0.5) is 0 Å². The molecule has 0 spiro atoms. The van der Waals surface area contributed by atoms with Crippen LogP contribution in [0.2, 0.25) is 0 Å². The lowest BCUT2D eigenvalue weighted by Crippen LogP contribution is -2.60. The van der Waals surface area contributed by atoms with Crippen molar-refractivity contribution in [3.05, 3.63) is 63.2 Å². The van der Waals surface area contributed by atoms with Gasteiger partial charge in [0.15, 0.2) is 5.41 Å². The van der Waals surface area contributed by atoms with Gasteiger partial charge in [-0.15, -0.1) is 11.3 Å². The monoisotopic (exact) mass is 400 g/mol. The number of allylic oxidation sites excluding steroid dienone is 1. The molecule has 0 aliphatic carbocycles. The third-order valence-corrected chi connectivity index (χ3v) is 6.41. The fourth-order valence-electron chi connectivity index (χ4n) is 4.07. The number of carbonyl (C=O) groups is 2. The highest BCUT2D eigenvalue weighted by Crippen LogP contribution is 2.51. The molecular weight excluding hydrogens is 376 g/mol. The predicted octanol–water partition coefficient (Wildman–Crippen LogP) is 3.08. The number of benzene rings is 1. The lowest BCUT2D eigenvalue weighted by molar-refractivity contribution is -0.150. The third kappa shape index (κ3) is 2.99. The molecule has 6 nitrogen and oxygen atoms in total. The Morgan fingerprint density at radius 3 is 2.36 bits per heavy atom. The summed E-state index contributed by atoms with van der Waals surface area (Å²) < 4.78 is 10.4. The zero-order valence-corrected chi connectivity index (χ0v) is 17.4. The van der Waals surface area contributed by atoms with E-state index >= 15 is 0 Å². The number of rotatable bonds is 4. The summed E-state index contributed by atoms with van der Waals surface area (Å²) in [5, 5.41) is 5.81. The van der Waals surface area contributed by atoms with Crippen LogP contribution in [0.5, 0.6) is 0 Å². The van der Waals surface area contributed by atoms with Crippen LogP contribution in [-0.4, -0.2) is 37.2 Å². The van der Waals surface area contributed by atoms with Crippen molar-refractivity contribution in [2.45, 2.75) is 38.1 Å². The van der Waals surface area contributed by atoms with Crippen molar-refractivity contribution >= 4 is 23.3 Å². The van der Waals surface area contributed by atoms with Gasteiger partial charge in [-0.25, -0.2) is 9.78 Å². The van der Waals surface area contributed by atoms with E-state index in [4.69, 9.17) is 9.47 Å². The molecule has 1 aliphatic heterocycles. The zero-order chi connectivity index (χ0) is 20.5. The largest absolute Gasteiger partial charge is 0.468 e. The summed E-state index contributed by atoms with van der Waals surface area (Å²) in [6.07, 6.45) is 0. The van der Waals surface area contributed by atoms with Crippen LogP contribution in [0, 0.1) is 6.92 Å². The van der Waals surface area contributed by atoms with Crippen LogP contribution in [0.3, 0.4) is 0 Å². The number of nitrogens with one attached hydrogen (secondary N) is 1. The summed E-state index contributed by atoms with van der Waals surface area (Å²) in [6.45, 7) is 5.62. The molecule has 0 radical (unpaired) electrons. The van der Waals surface area contributed by atoms with Gasteiger partial charge in [-0.1, -0.05) is 30.3 Å². The number of methoxy groups -OCH3 is 2.